The van der Waals surface area contributed by atoms with Gasteiger partial charge in [0.15, 0.2) is 0 Å². The zero-order valence-electron chi connectivity index (χ0n) is 11.0. The molecule has 2 aromatic heterocycles. The second kappa shape index (κ2) is 5.35. The predicted molar refractivity (Wildman–Crippen MR) is 85.6 cm³/mol. The van der Waals surface area contributed by atoms with Gasteiger partial charge in [0.05, 0.1) is 17.2 Å². The molecule has 0 fully saturated rings. The van der Waals surface area contributed by atoms with Gasteiger partial charge in [-0.1, -0.05) is 0 Å². The van der Waals surface area contributed by atoms with Gasteiger partial charge in [0.2, 0.25) is 0 Å². The van der Waals surface area contributed by atoms with Crippen molar-refractivity contribution in [2.24, 2.45) is 7.05 Å². The van der Waals surface area contributed by atoms with Crippen molar-refractivity contribution in [3.8, 4) is 0 Å². The SMILES string of the molecule is Cn1ccnc1CCn1cnc2ccc(I)cc2c1=O. The summed E-state index contributed by atoms with van der Waals surface area (Å²) in [5.74, 6) is 0.958. The number of imidazole rings is 1. The zero-order valence-corrected chi connectivity index (χ0v) is 13.1. The van der Waals surface area contributed by atoms with Crippen LogP contribution in [0, 0.1) is 3.57 Å². The molecule has 0 N–H and O–H groups in total. The molecule has 3 aromatic rings. The summed E-state index contributed by atoms with van der Waals surface area (Å²) in [6.07, 6.45) is 5.99. The van der Waals surface area contributed by atoms with Gasteiger partial charge >= 0.3 is 0 Å². The lowest BCUT2D eigenvalue weighted by Crippen LogP contribution is -2.22. The van der Waals surface area contributed by atoms with E-state index in [4.69, 9.17) is 0 Å². The van der Waals surface area contributed by atoms with Crippen LogP contribution in [0.2, 0.25) is 0 Å². The molecule has 0 aliphatic heterocycles. The Morgan fingerprint density at radius 3 is 2.90 bits per heavy atom. The number of hydrogen-bond donors (Lipinski definition) is 0. The molecule has 0 saturated carbocycles. The number of rotatable bonds is 3. The molecule has 6 heteroatoms. The lowest BCUT2D eigenvalue weighted by Gasteiger charge is -2.07. The molecule has 0 atom stereocenters. The van der Waals surface area contributed by atoms with E-state index in [1.54, 1.807) is 17.1 Å². The number of aromatic nitrogens is 4. The molecule has 0 aliphatic rings. The van der Waals surface area contributed by atoms with Crippen LogP contribution in [0.3, 0.4) is 0 Å². The average molecular weight is 380 g/mol. The molecule has 1 aromatic carbocycles. The maximum absolute atomic E-state index is 12.4. The Bertz CT molecular complexity index is 821. The quantitative estimate of drug-likeness (QED) is 0.653. The standard InChI is InChI=1S/C14H13IN4O/c1-18-7-5-16-13(18)4-6-19-9-17-12-3-2-10(15)8-11(12)14(19)20/h2-3,5,7-9H,4,6H2,1H3. The van der Waals surface area contributed by atoms with E-state index in [-0.39, 0.29) is 5.56 Å². The molecular weight excluding hydrogens is 367 g/mol. The van der Waals surface area contributed by atoms with E-state index in [9.17, 15) is 4.79 Å². The van der Waals surface area contributed by atoms with Crippen molar-refractivity contribution in [3.05, 3.63) is 56.7 Å². The second-order valence-corrected chi connectivity index (χ2v) is 5.85. The highest BCUT2D eigenvalue weighted by atomic mass is 127. The van der Waals surface area contributed by atoms with Gasteiger partial charge in [0, 0.05) is 36.0 Å². The van der Waals surface area contributed by atoms with Crippen LogP contribution in [0.5, 0.6) is 0 Å². The number of halogens is 1. The molecular formula is C14H13IN4O. The van der Waals surface area contributed by atoms with Crippen molar-refractivity contribution in [1.29, 1.82) is 0 Å². The zero-order chi connectivity index (χ0) is 14.1. The first-order valence-corrected chi connectivity index (χ1v) is 7.34. The molecule has 5 nitrogen and oxygen atoms in total. The molecule has 0 radical (unpaired) electrons. The average Bonchev–Trinajstić information content (AvgIpc) is 2.84. The van der Waals surface area contributed by atoms with Gasteiger partial charge in [-0.2, -0.15) is 0 Å². The third kappa shape index (κ3) is 2.47. The van der Waals surface area contributed by atoms with Crippen molar-refractivity contribution < 1.29 is 0 Å². The smallest absolute Gasteiger partial charge is 0.261 e. The molecule has 3 rings (SSSR count). The summed E-state index contributed by atoms with van der Waals surface area (Å²) in [4.78, 5) is 21.0. The fraction of sp³-hybridized carbons (Fsp3) is 0.214. The lowest BCUT2D eigenvalue weighted by atomic mass is 10.2. The maximum Gasteiger partial charge on any atom is 0.261 e. The van der Waals surface area contributed by atoms with Gasteiger partial charge in [-0.15, -0.1) is 0 Å². The van der Waals surface area contributed by atoms with Gasteiger partial charge in [-0.3, -0.25) is 9.36 Å². The third-order valence-corrected chi connectivity index (χ3v) is 3.95. The molecule has 0 unspecified atom stereocenters. The van der Waals surface area contributed by atoms with Crippen LogP contribution in [-0.4, -0.2) is 19.1 Å². The molecule has 0 aliphatic carbocycles. The summed E-state index contributed by atoms with van der Waals surface area (Å²) >= 11 is 2.20. The van der Waals surface area contributed by atoms with E-state index in [2.05, 4.69) is 32.6 Å². The summed E-state index contributed by atoms with van der Waals surface area (Å²) in [7, 11) is 1.95. The fourth-order valence-electron chi connectivity index (χ4n) is 2.15. The Hall–Kier alpha value is -1.70. The van der Waals surface area contributed by atoms with Crippen LogP contribution in [0.4, 0.5) is 0 Å². The number of fused-ring (bicyclic) bond motifs is 1. The minimum Gasteiger partial charge on any atom is -0.338 e. The van der Waals surface area contributed by atoms with Crippen LogP contribution in [0.25, 0.3) is 10.9 Å². The van der Waals surface area contributed by atoms with Crippen LogP contribution in [-0.2, 0) is 20.0 Å². The highest BCUT2D eigenvalue weighted by Crippen LogP contribution is 2.11. The molecule has 0 spiro atoms. The van der Waals surface area contributed by atoms with E-state index < -0.39 is 0 Å². The van der Waals surface area contributed by atoms with Crippen molar-refractivity contribution in [1.82, 2.24) is 19.1 Å². The number of aryl methyl sites for hydroxylation is 3. The summed E-state index contributed by atoms with van der Waals surface area (Å²) in [5, 5.41) is 0.666. The molecule has 0 amide bonds. The second-order valence-electron chi connectivity index (χ2n) is 4.61. The van der Waals surface area contributed by atoms with Crippen molar-refractivity contribution in [3.63, 3.8) is 0 Å². The first-order chi connectivity index (χ1) is 9.65. The highest BCUT2D eigenvalue weighted by molar-refractivity contribution is 14.1. The van der Waals surface area contributed by atoms with E-state index in [0.29, 0.717) is 18.4 Å². The Morgan fingerprint density at radius 1 is 1.30 bits per heavy atom. The summed E-state index contributed by atoms with van der Waals surface area (Å²) in [6.45, 7) is 0.581. The number of benzene rings is 1. The topological polar surface area (TPSA) is 52.7 Å². The molecule has 0 bridgehead atoms. The highest BCUT2D eigenvalue weighted by Gasteiger charge is 2.06. The third-order valence-electron chi connectivity index (χ3n) is 3.28. The van der Waals surface area contributed by atoms with Crippen LogP contribution >= 0.6 is 22.6 Å². The van der Waals surface area contributed by atoms with E-state index >= 15 is 0 Å². The lowest BCUT2D eigenvalue weighted by molar-refractivity contribution is 0.627. The van der Waals surface area contributed by atoms with E-state index in [1.807, 2.05) is 36.0 Å². The Kier molecular flexibility index (Phi) is 3.56. The van der Waals surface area contributed by atoms with Crippen molar-refractivity contribution in [2.75, 3.05) is 0 Å². The van der Waals surface area contributed by atoms with Gasteiger partial charge in [-0.05, 0) is 40.8 Å². The van der Waals surface area contributed by atoms with E-state index in [0.717, 1.165) is 14.9 Å². The van der Waals surface area contributed by atoms with Crippen molar-refractivity contribution >= 4 is 33.5 Å². The fourth-order valence-corrected chi connectivity index (χ4v) is 2.64. The summed E-state index contributed by atoms with van der Waals surface area (Å²) in [6, 6.07) is 5.71. The maximum atomic E-state index is 12.4. The molecule has 2 heterocycles. The van der Waals surface area contributed by atoms with Crippen LogP contribution < -0.4 is 5.56 Å². The monoisotopic (exact) mass is 380 g/mol. The number of nitrogens with zero attached hydrogens (tertiary/aromatic N) is 4. The normalized spacial score (nSPS) is 11.1. The van der Waals surface area contributed by atoms with Gasteiger partial charge in [0.25, 0.3) is 5.56 Å². The van der Waals surface area contributed by atoms with Crippen LogP contribution in [0.15, 0.2) is 41.7 Å². The summed E-state index contributed by atoms with van der Waals surface area (Å²) < 4.78 is 4.64. The molecule has 20 heavy (non-hydrogen) atoms. The number of hydrogen-bond acceptors (Lipinski definition) is 3. The van der Waals surface area contributed by atoms with Crippen LogP contribution in [0.1, 0.15) is 5.82 Å². The van der Waals surface area contributed by atoms with Gasteiger partial charge in [-0.25, -0.2) is 9.97 Å². The first-order valence-electron chi connectivity index (χ1n) is 6.26. The largest absolute Gasteiger partial charge is 0.338 e. The van der Waals surface area contributed by atoms with Crippen molar-refractivity contribution in [2.45, 2.75) is 13.0 Å². The summed E-state index contributed by atoms with van der Waals surface area (Å²) in [5.41, 5.74) is 0.742. The molecule has 102 valence electrons. The van der Waals surface area contributed by atoms with Gasteiger partial charge < -0.3 is 4.57 Å². The Morgan fingerprint density at radius 2 is 2.15 bits per heavy atom. The Labute approximate surface area is 129 Å². The minimum absolute atomic E-state index is 0.00252. The Balaban J connectivity index is 1.94. The predicted octanol–water partition coefficient (Wildman–Crippen LogP) is 1.98. The molecule has 0 saturated heterocycles. The van der Waals surface area contributed by atoms with E-state index in [1.165, 1.54) is 0 Å². The first kappa shape index (κ1) is 13.3. The van der Waals surface area contributed by atoms with Gasteiger partial charge in [0.1, 0.15) is 5.82 Å². The minimum atomic E-state index is 0.00252.